The predicted molar refractivity (Wildman–Crippen MR) is 133 cm³/mol. The van der Waals surface area contributed by atoms with E-state index in [1.54, 1.807) is 18.7 Å². The maximum atomic E-state index is 12.8. The molecule has 0 saturated carbocycles. The summed E-state index contributed by atoms with van der Waals surface area (Å²) < 4.78 is 5.78. The molecule has 3 N–H and O–H groups in total. The molecule has 0 unspecified atom stereocenters. The van der Waals surface area contributed by atoms with Gasteiger partial charge in [-0.05, 0) is 66.6 Å². The number of halogens is 1. The molecular formula is C26H31ClN4O3. The normalized spacial score (nSPS) is 18.9. The van der Waals surface area contributed by atoms with Gasteiger partial charge in [0.15, 0.2) is 0 Å². The number of morpholine rings is 1. The molecular weight excluding hydrogens is 452 g/mol. The van der Waals surface area contributed by atoms with Crippen molar-refractivity contribution in [1.29, 1.82) is 0 Å². The van der Waals surface area contributed by atoms with Crippen LogP contribution in [0.4, 0.5) is 0 Å². The standard InChI is InChI=1S/C26H31ClN4O3/c1-4-18-20-11-17(12-29-24(20)30-23(18)27)16-9-15-5-7-31(25(32)26(2,3)33)13-21(15)19(10-16)22-14-34-8-6-28-22/h9-12,22,28,33H,4-8,13-14H2,1-3H3,(H,29,30)/t22-/m0/s1. The van der Waals surface area contributed by atoms with Crippen LogP contribution in [0, 0.1) is 0 Å². The minimum atomic E-state index is -1.39. The number of nitrogens with zero attached hydrogens (tertiary/aromatic N) is 2. The highest BCUT2D eigenvalue weighted by Crippen LogP contribution is 2.36. The molecule has 0 spiro atoms. The monoisotopic (exact) mass is 482 g/mol. The van der Waals surface area contributed by atoms with Crippen molar-refractivity contribution in [2.24, 2.45) is 0 Å². The van der Waals surface area contributed by atoms with Crippen LogP contribution in [0.1, 0.15) is 49.1 Å². The molecule has 1 saturated heterocycles. The number of benzene rings is 1. The van der Waals surface area contributed by atoms with Crippen LogP contribution in [0.25, 0.3) is 22.2 Å². The third-order valence-electron chi connectivity index (χ3n) is 6.88. The van der Waals surface area contributed by atoms with Crippen LogP contribution in [0.15, 0.2) is 24.4 Å². The van der Waals surface area contributed by atoms with Crippen LogP contribution in [0.3, 0.4) is 0 Å². The van der Waals surface area contributed by atoms with Crippen molar-refractivity contribution in [2.45, 2.75) is 51.8 Å². The molecule has 7 nitrogen and oxygen atoms in total. The zero-order chi connectivity index (χ0) is 24.0. The van der Waals surface area contributed by atoms with Crippen molar-refractivity contribution in [2.75, 3.05) is 26.3 Å². The van der Waals surface area contributed by atoms with Crippen LogP contribution < -0.4 is 5.32 Å². The lowest BCUT2D eigenvalue weighted by Crippen LogP contribution is -2.47. The number of aliphatic hydroxyl groups is 1. The number of amides is 1. The first-order chi connectivity index (χ1) is 16.3. The fourth-order valence-corrected chi connectivity index (χ4v) is 5.42. The van der Waals surface area contributed by atoms with Gasteiger partial charge >= 0.3 is 0 Å². The lowest BCUT2D eigenvalue weighted by molar-refractivity contribution is -0.148. The van der Waals surface area contributed by atoms with Gasteiger partial charge in [-0.3, -0.25) is 4.79 Å². The number of carbonyl (C=O) groups excluding carboxylic acids is 1. The van der Waals surface area contributed by atoms with E-state index in [-0.39, 0.29) is 11.9 Å². The summed E-state index contributed by atoms with van der Waals surface area (Å²) in [6.45, 7) is 8.31. The van der Waals surface area contributed by atoms with Crippen LogP contribution in [-0.2, 0) is 28.9 Å². The lowest BCUT2D eigenvalue weighted by Gasteiger charge is -2.36. The number of ether oxygens (including phenoxy) is 1. The molecule has 1 aromatic carbocycles. The first-order valence-corrected chi connectivity index (χ1v) is 12.3. The molecule has 180 valence electrons. The fraction of sp³-hybridized carbons (Fsp3) is 0.462. The Balaban J connectivity index is 1.59. The number of carbonyl (C=O) groups is 1. The Morgan fingerprint density at radius 1 is 1.32 bits per heavy atom. The van der Waals surface area contributed by atoms with Gasteiger partial charge in [-0.2, -0.15) is 0 Å². The number of rotatable bonds is 4. The number of aromatic nitrogens is 2. The molecule has 1 amide bonds. The smallest absolute Gasteiger partial charge is 0.254 e. The van der Waals surface area contributed by atoms with Crippen molar-refractivity contribution in [3.8, 4) is 11.1 Å². The van der Waals surface area contributed by atoms with Crippen LogP contribution in [0.5, 0.6) is 0 Å². The topological polar surface area (TPSA) is 90.5 Å². The molecule has 5 rings (SSSR count). The Hall–Kier alpha value is -2.45. The zero-order valence-electron chi connectivity index (χ0n) is 19.9. The van der Waals surface area contributed by atoms with Gasteiger partial charge in [-0.15, -0.1) is 0 Å². The second-order valence-electron chi connectivity index (χ2n) is 9.71. The van der Waals surface area contributed by atoms with E-state index >= 15 is 0 Å². The van der Waals surface area contributed by atoms with Crippen molar-refractivity contribution in [3.63, 3.8) is 0 Å². The molecule has 0 radical (unpaired) electrons. The summed E-state index contributed by atoms with van der Waals surface area (Å²) in [7, 11) is 0. The molecule has 1 fully saturated rings. The quantitative estimate of drug-likeness (QED) is 0.526. The number of pyridine rings is 1. The third kappa shape index (κ3) is 4.22. The average molecular weight is 483 g/mol. The molecule has 2 aliphatic heterocycles. The first-order valence-electron chi connectivity index (χ1n) is 11.9. The average Bonchev–Trinajstić information content (AvgIpc) is 3.16. The fourth-order valence-electron chi connectivity index (χ4n) is 5.10. The van der Waals surface area contributed by atoms with Gasteiger partial charge in [0, 0.05) is 36.8 Å². The van der Waals surface area contributed by atoms with Gasteiger partial charge in [-0.25, -0.2) is 4.98 Å². The van der Waals surface area contributed by atoms with E-state index in [1.165, 1.54) is 5.56 Å². The number of aryl methyl sites for hydroxylation is 1. The molecule has 1 atom stereocenters. The maximum absolute atomic E-state index is 12.8. The van der Waals surface area contributed by atoms with Crippen molar-refractivity contribution in [3.05, 3.63) is 51.8 Å². The van der Waals surface area contributed by atoms with E-state index < -0.39 is 5.60 Å². The largest absolute Gasteiger partial charge is 0.381 e. The molecule has 8 heteroatoms. The number of nitrogens with one attached hydrogen (secondary N) is 2. The SMILES string of the molecule is CCc1c(Cl)[nH]c2ncc(-c3cc4c(c([C@@H]5COCCN5)c3)CN(C(=O)C(C)(C)O)CC4)cc12. The van der Waals surface area contributed by atoms with Crippen molar-refractivity contribution < 1.29 is 14.6 Å². The van der Waals surface area contributed by atoms with Gasteiger partial charge in [0.05, 0.1) is 19.3 Å². The minimum absolute atomic E-state index is 0.0456. The maximum Gasteiger partial charge on any atom is 0.254 e. The Labute approximate surface area is 204 Å². The minimum Gasteiger partial charge on any atom is -0.381 e. The molecule has 4 heterocycles. The summed E-state index contributed by atoms with van der Waals surface area (Å²) in [6.07, 6.45) is 3.45. The summed E-state index contributed by atoms with van der Waals surface area (Å²) in [5.41, 5.74) is 6.12. The molecule has 0 aliphatic carbocycles. The number of aromatic amines is 1. The Morgan fingerprint density at radius 3 is 2.85 bits per heavy atom. The van der Waals surface area contributed by atoms with Gasteiger partial charge in [0.25, 0.3) is 5.91 Å². The summed E-state index contributed by atoms with van der Waals surface area (Å²) in [4.78, 5) is 22.4. The van der Waals surface area contributed by atoms with Gasteiger partial charge in [-0.1, -0.05) is 24.6 Å². The Bertz CT molecular complexity index is 1240. The van der Waals surface area contributed by atoms with Crippen molar-refractivity contribution >= 4 is 28.5 Å². The van der Waals surface area contributed by atoms with E-state index in [1.807, 2.05) is 6.20 Å². The van der Waals surface area contributed by atoms with Crippen LogP contribution >= 0.6 is 11.6 Å². The highest BCUT2D eigenvalue weighted by molar-refractivity contribution is 6.31. The van der Waals surface area contributed by atoms with E-state index in [2.05, 4.69) is 40.4 Å². The first kappa shape index (κ1) is 23.3. The van der Waals surface area contributed by atoms with Crippen molar-refractivity contribution in [1.82, 2.24) is 20.2 Å². The Morgan fingerprint density at radius 2 is 2.15 bits per heavy atom. The van der Waals surface area contributed by atoms with Gasteiger partial charge in [0.1, 0.15) is 16.4 Å². The zero-order valence-corrected chi connectivity index (χ0v) is 20.6. The Kier molecular flexibility index (Phi) is 6.14. The second kappa shape index (κ2) is 8.96. The van der Waals surface area contributed by atoms with E-state index in [0.29, 0.717) is 31.5 Å². The summed E-state index contributed by atoms with van der Waals surface area (Å²) in [5, 5.41) is 15.6. The number of hydrogen-bond acceptors (Lipinski definition) is 5. The predicted octanol–water partition coefficient (Wildman–Crippen LogP) is 3.76. The van der Waals surface area contributed by atoms with Gasteiger partial charge in [0.2, 0.25) is 0 Å². The molecule has 34 heavy (non-hydrogen) atoms. The number of H-pyrrole nitrogens is 1. The van der Waals surface area contributed by atoms with E-state index in [0.717, 1.165) is 58.2 Å². The van der Waals surface area contributed by atoms with E-state index in [9.17, 15) is 9.90 Å². The van der Waals surface area contributed by atoms with Crippen LogP contribution in [0.2, 0.25) is 5.15 Å². The summed E-state index contributed by atoms with van der Waals surface area (Å²) in [5.74, 6) is -0.243. The number of hydrogen-bond donors (Lipinski definition) is 3. The molecule has 2 aliphatic rings. The lowest BCUT2D eigenvalue weighted by atomic mass is 9.87. The highest BCUT2D eigenvalue weighted by Gasteiger charge is 2.33. The summed E-state index contributed by atoms with van der Waals surface area (Å²) >= 11 is 6.39. The number of fused-ring (bicyclic) bond motifs is 2. The third-order valence-corrected chi connectivity index (χ3v) is 7.20. The molecule has 0 bridgehead atoms. The second-order valence-corrected chi connectivity index (χ2v) is 10.1. The van der Waals surface area contributed by atoms with E-state index in [4.69, 9.17) is 16.3 Å². The van der Waals surface area contributed by atoms with Crippen LogP contribution in [-0.4, -0.2) is 57.8 Å². The summed E-state index contributed by atoms with van der Waals surface area (Å²) in [6, 6.07) is 6.62. The molecule has 2 aromatic heterocycles. The molecule has 3 aromatic rings. The van der Waals surface area contributed by atoms with Gasteiger partial charge < -0.3 is 25.0 Å². The highest BCUT2D eigenvalue weighted by atomic mass is 35.5.